The average Bonchev–Trinajstić information content (AvgIpc) is 2.64. The Morgan fingerprint density at radius 2 is 1.87 bits per heavy atom. The number of benzene rings is 1. The predicted octanol–water partition coefficient (Wildman–Crippen LogP) is 4.17. The number of thiazole rings is 1. The number of halogens is 1. The number of aromatic nitrogens is 1. The lowest BCUT2D eigenvalue weighted by Crippen LogP contribution is -1.83. The molecule has 15 heavy (non-hydrogen) atoms. The van der Waals surface area contributed by atoms with Gasteiger partial charge in [-0.25, -0.2) is 4.98 Å². The van der Waals surface area contributed by atoms with Crippen molar-refractivity contribution in [2.45, 2.75) is 19.7 Å². The summed E-state index contributed by atoms with van der Waals surface area (Å²) in [6.07, 6.45) is 0. The highest BCUT2D eigenvalue weighted by molar-refractivity contribution is 7.13. The molecule has 2 aromatic rings. The Bertz CT molecular complexity index is 456. The molecule has 0 amide bonds. The second kappa shape index (κ2) is 4.33. The van der Waals surface area contributed by atoms with Crippen molar-refractivity contribution < 1.29 is 0 Å². The molecule has 0 aliphatic rings. The zero-order chi connectivity index (χ0) is 10.8. The molecule has 0 atom stereocenters. The molecule has 0 radical (unpaired) electrons. The highest BCUT2D eigenvalue weighted by Crippen LogP contribution is 2.26. The molecule has 1 aromatic heterocycles. The van der Waals surface area contributed by atoms with Crippen LogP contribution in [0.2, 0.25) is 0 Å². The molecule has 0 N–H and O–H groups in total. The van der Waals surface area contributed by atoms with Gasteiger partial charge in [0.1, 0.15) is 5.01 Å². The van der Waals surface area contributed by atoms with Crippen LogP contribution in [0.1, 0.15) is 16.8 Å². The maximum Gasteiger partial charge on any atom is 0.123 e. The summed E-state index contributed by atoms with van der Waals surface area (Å²) < 4.78 is 0. The Labute approximate surface area is 98.7 Å². The molecular formula is C12H12ClNS. The van der Waals surface area contributed by atoms with Gasteiger partial charge in [-0.2, -0.15) is 0 Å². The molecule has 0 aliphatic carbocycles. The Kier molecular flexibility index (Phi) is 3.08. The zero-order valence-corrected chi connectivity index (χ0v) is 10.3. The quantitative estimate of drug-likeness (QED) is 0.715. The van der Waals surface area contributed by atoms with Crippen molar-refractivity contribution in [3.8, 4) is 10.6 Å². The van der Waals surface area contributed by atoms with Gasteiger partial charge in [-0.1, -0.05) is 17.2 Å². The van der Waals surface area contributed by atoms with Crippen molar-refractivity contribution in [1.82, 2.24) is 4.98 Å². The van der Waals surface area contributed by atoms with Crippen LogP contribution in [0, 0.1) is 13.8 Å². The van der Waals surface area contributed by atoms with E-state index in [0.717, 1.165) is 10.7 Å². The fraction of sp³-hybridized carbons (Fsp3) is 0.250. The van der Waals surface area contributed by atoms with Crippen LogP contribution in [0.3, 0.4) is 0 Å². The summed E-state index contributed by atoms with van der Waals surface area (Å²) in [6.45, 7) is 4.21. The molecule has 2 rings (SSSR count). The van der Waals surface area contributed by atoms with Crippen LogP contribution >= 0.6 is 22.9 Å². The summed E-state index contributed by atoms with van der Waals surface area (Å²) in [6, 6.07) is 6.48. The van der Waals surface area contributed by atoms with E-state index >= 15 is 0 Å². The first-order valence-electron chi connectivity index (χ1n) is 4.78. The largest absolute Gasteiger partial charge is 0.240 e. The summed E-state index contributed by atoms with van der Waals surface area (Å²) in [5.74, 6) is 0.487. The number of rotatable bonds is 2. The summed E-state index contributed by atoms with van der Waals surface area (Å²) in [4.78, 5) is 4.47. The maximum absolute atomic E-state index is 5.73. The highest BCUT2D eigenvalue weighted by atomic mass is 35.5. The van der Waals surface area contributed by atoms with E-state index in [1.165, 1.54) is 16.7 Å². The van der Waals surface area contributed by atoms with Crippen LogP contribution in [-0.4, -0.2) is 4.98 Å². The van der Waals surface area contributed by atoms with Crippen molar-refractivity contribution in [3.05, 3.63) is 40.4 Å². The van der Waals surface area contributed by atoms with E-state index in [-0.39, 0.29) is 0 Å². The minimum absolute atomic E-state index is 0.487. The third-order valence-electron chi connectivity index (χ3n) is 2.16. The Hall–Kier alpha value is -0.860. The standard InChI is InChI=1S/C12H12ClNS/c1-8-3-9(2)5-10(4-8)12-14-11(6-13)7-15-12/h3-5,7H,6H2,1-2H3. The molecule has 0 fully saturated rings. The van der Waals surface area contributed by atoms with E-state index in [2.05, 4.69) is 37.0 Å². The van der Waals surface area contributed by atoms with Gasteiger partial charge in [-0.05, 0) is 26.0 Å². The fourth-order valence-electron chi connectivity index (χ4n) is 1.60. The lowest BCUT2D eigenvalue weighted by Gasteiger charge is -2.01. The molecule has 0 saturated heterocycles. The van der Waals surface area contributed by atoms with E-state index < -0.39 is 0 Å². The number of hydrogen-bond acceptors (Lipinski definition) is 2. The molecule has 1 nitrogen and oxygen atoms in total. The SMILES string of the molecule is Cc1cc(C)cc(-c2nc(CCl)cs2)c1. The first-order chi connectivity index (χ1) is 7.19. The Balaban J connectivity index is 2.44. The van der Waals surface area contributed by atoms with E-state index in [9.17, 15) is 0 Å². The predicted molar refractivity (Wildman–Crippen MR) is 66.6 cm³/mol. The van der Waals surface area contributed by atoms with Gasteiger partial charge in [0.05, 0.1) is 11.6 Å². The van der Waals surface area contributed by atoms with Gasteiger partial charge in [0.25, 0.3) is 0 Å². The molecule has 0 unspecified atom stereocenters. The van der Waals surface area contributed by atoms with Crippen molar-refractivity contribution in [1.29, 1.82) is 0 Å². The van der Waals surface area contributed by atoms with Crippen molar-refractivity contribution in [2.24, 2.45) is 0 Å². The second-order valence-electron chi connectivity index (χ2n) is 3.65. The van der Waals surface area contributed by atoms with Crippen molar-refractivity contribution in [3.63, 3.8) is 0 Å². The molecule has 78 valence electrons. The van der Waals surface area contributed by atoms with E-state index in [4.69, 9.17) is 11.6 Å². The molecule has 0 bridgehead atoms. The molecule has 3 heteroatoms. The normalized spacial score (nSPS) is 10.6. The lowest BCUT2D eigenvalue weighted by atomic mass is 10.1. The van der Waals surface area contributed by atoms with Gasteiger partial charge < -0.3 is 0 Å². The first-order valence-corrected chi connectivity index (χ1v) is 6.19. The van der Waals surface area contributed by atoms with Crippen LogP contribution in [0.5, 0.6) is 0 Å². The van der Waals surface area contributed by atoms with Crippen LogP contribution < -0.4 is 0 Å². The van der Waals surface area contributed by atoms with E-state index in [0.29, 0.717) is 5.88 Å². The number of alkyl halides is 1. The van der Waals surface area contributed by atoms with Crippen LogP contribution in [0.25, 0.3) is 10.6 Å². The summed E-state index contributed by atoms with van der Waals surface area (Å²) >= 11 is 7.38. The highest BCUT2D eigenvalue weighted by Gasteiger charge is 2.04. The van der Waals surface area contributed by atoms with E-state index in [1.54, 1.807) is 11.3 Å². The lowest BCUT2D eigenvalue weighted by molar-refractivity contribution is 1.23. The molecule has 1 aromatic carbocycles. The van der Waals surface area contributed by atoms with Gasteiger partial charge in [-0.15, -0.1) is 22.9 Å². The minimum Gasteiger partial charge on any atom is -0.240 e. The van der Waals surface area contributed by atoms with Gasteiger partial charge in [0.2, 0.25) is 0 Å². The molecule has 1 heterocycles. The van der Waals surface area contributed by atoms with Gasteiger partial charge in [-0.3, -0.25) is 0 Å². The summed E-state index contributed by atoms with van der Waals surface area (Å²) in [5, 5.41) is 3.07. The third kappa shape index (κ3) is 2.39. The van der Waals surface area contributed by atoms with Gasteiger partial charge >= 0.3 is 0 Å². The Morgan fingerprint density at radius 3 is 2.40 bits per heavy atom. The monoisotopic (exact) mass is 237 g/mol. The zero-order valence-electron chi connectivity index (χ0n) is 8.75. The Morgan fingerprint density at radius 1 is 1.20 bits per heavy atom. The number of nitrogens with zero attached hydrogens (tertiary/aromatic N) is 1. The average molecular weight is 238 g/mol. The van der Waals surface area contributed by atoms with Crippen molar-refractivity contribution >= 4 is 22.9 Å². The topological polar surface area (TPSA) is 12.9 Å². The maximum atomic E-state index is 5.73. The van der Waals surface area contributed by atoms with Gasteiger partial charge in [0.15, 0.2) is 0 Å². The smallest absolute Gasteiger partial charge is 0.123 e. The summed E-state index contributed by atoms with van der Waals surface area (Å²) in [5.41, 5.74) is 4.69. The fourth-order valence-corrected chi connectivity index (χ4v) is 2.64. The van der Waals surface area contributed by atoms with Crippen LogP contribution in [0.4, 0.5) is 0 Å². The van der Waals surface area contributed by atoms with Crippen LogP contribution in [-0.2, 0) is 5.88 Å². The molecule has 0 saturated carbocycles. The number of aryl methyl sites for hydroxylation is 2. The van der Waals surface area contributed by atoms with Crippen LogP contribution in [0.15, 0.2) is 23.6 Å². The van der Waals surface area contributed by atoms with Crippen molar-refractivity contribution in [2.75, 3.05) is 0 Å². The summed E-state index contributed by atoms with van der Waals surface area (Å²) in [7, 11) is 0. The molecular weight excluding hydrogens is 226 g/mol. The second-order valence-corrected chi connectivity index (χ2v) is 4.78. The first kappa shape index (κ1) is 10.7. The molecule has 0 aliphatic heterocycles. The number of hydrogen-bond donors (Lipinski definition) is 0. The van der Waals surface area contributed by atoms with Gasteiger partial charge in [0, 0.05) is 10.9 Å². The van der Waals surface area contributed by atoms with E-state index in [1.807, 2.05) is 5.38 Å². The molecule has 0 spiro atoms. The minimum atomic E-state index is 0.487. The third-order valence-corrected chi connectivity index (χ3v) is 3.37.